The summed E-state index contributed by atoms with van der Waals surface area (Å²) in [6.45, 7) is 11.6. The van der Waals surface area contributed by atoms with Gasteiger partial charge in [0.2, 0.25) is 0 Å². The zero-order chi connectivity index (χ0) is 19.8. The van der Waals surface area contributed by atoms with Crippen molar-refractivity contribution in [3.8, 4) is 0 Å². The van der Waals surface area contributed by atoms with Crippen molar-refractivity contribution in [3.63, 3.8) is 0 Å². The molecule has 1 aromatic rings. The van der Waals surface area contributed by atoms with E-state index in [9.17, 15) is 4.79 Å². The quantitative estimate of drug-likeness (QED) is 0.369. The maximum absolute atomic E-state index is 12.4. The number of aryl methyl sites for hydroxylation is 2. The van der Waals surface area contributed by atoms with Crippen LogP contribution >= 0.6 is 0 Å². The molecule has 2 aliphatic rings. The second-order valence-corrected chi connectivity index (χ2v) is 7.53. The second kappa shape index (κ2) is 10.6. The molecule has 1 fully saturated rings. The van der Waals surface area contributed by atoms with Gasteiger partial charge in [-0.3, -0.25) is 14.5 Å². The highest BCUT2D eigenvalue weighted by Gasteiger charge is 2.17. The molecule has 9 heteroatoms. The van der Waals surface area contributed by atoms with Crippen LogP contribution in [0.2, 0.25) is 0 Å². The fraction of sp³-hybridized carbons (Fsp3) is 0.842. The van der Waals surface area contributed by atoms with Crippen molar-refractivity contribution in [3.05, 3.63) is 16.3 Å². The van der Waals surface area contributed by atoms with E-state index in [1.807, 2.05) is 4.57 Å². The molecule has 0 amide bonds. The van der Waals surface area contributed by atoms with Crippen molar-refractivity contribution in [2.24, 2.45) is 4.99 Å². The topological polar surface area (TPSA) is 88.7 Å². The summed E-state index contributed by atoms with van der Waals surface area (Å²) in [7, 11) is 0. The van der Waals surface area contributed by atoms with Gasteiger partial charge in [-0.05, 0) is 33.1 Å². The summed E-state index contributed by atoms with van der Waals surface area (Å²) in [4.78, 5) is 19.5. The molecular weight excluding hydrogens is 358 g/mol. The third-order valence-corrected chi connectivity index (χ3v) is 5.40. The Kier molecular flexibility index (Phi) is 7.90. The average Bonchev–Trinajstić information content (AvgIpc) is 3.05. The number of nitrogens with zero attached hydrogens (tertiary/aromatic N) is 5. The third kappa shape index (κ3) is 5.57. The maximum Gasteiger partial charge on any atom is 0.345 e. The van der Waals surface area contributed by atoms with Gasteiger partial charge in [0, 0.05) is 51.7 Å². The van der Waals surface area contributed by atoms with E-state index < -0.39 is 0 Å². The molecule has 0 saturated carbocycles. The fourth-order valence-corrected chi connectivity index (χ4v) is 3.73. The van der Waals surface area contributed by atoms with Crippen LogP contribution in [0, 0.1) is 0 Å². The van der Waals surface area contributed by atoms with E-state index in [1.54, 1.807) is 4.68 Å². The largest absolute Gasteiger partial charge is 0.379 e. The fourth-order valence-electron chi connectivity index (χ4n) is 3.73. The Morgan fingerprint density at radius 3 is 2.82 bits per heavy atom. The summed E-state index contributed by atoms with van der Waals surface area (Å²) in [5.74, 6) is 1.77. The molecule has 1 aromatic heterocycles. The number of rotatable bonds is 8. The molecule has 1 atom stereocenters. The zero-order valence-corrected chi connectivity index (χ0v) is 17.3. The molecule has 0 radical (unpaired) electrons. The first kappa shape index (κ1) is 20.9. The van der Waals surface area contributed by atoms with E-state index in [0.717, 1.165) is 89.9 Å². The molecule has 28 heavy (non-hydrogen) atoms. The molecule has 0 spiro atoms. The highest BCUT2D eigenvalue weighted by Crippen LogP contribution is 2.09. The van der Waals surface area contributed by atoms with E-state index in [4.69, 9.17) is 9.73 Å². The molecule has 158 valence electrons. The van der Waals surface area contributed by atoms with Crippen LogP contribution in [0.4, 0.5) is 0 Å². The Bertz CT molecular complexity index is 691. The highest BCUT2D eigenvalue weighted by atomic mass is 16.5. The SMILES string of the molecule is CCNC(=NCC(C)N1CCOCC1)NCCCn1nc2n(c1=O)CCCC2. The van der Waals surface area contributed by atoms with Crippen LogP contribution in [0.5, 0.6) is 0 Å². The van der Waals surface area contributed by atoms with Crippen molar-refractivity contribution in [1.82, 2.24) is 29.9 Å². The van der Waals surface area contributed by atoms with Crippen molar-refractivity contribution in [2.45, 2.75) is 58.7 Å². The van der Waals surface area contributed by atoms with Crippen molar-refractivity contribution < 1.29 is 4.74 Å². The lowest BCUT2D eigenvalue weighted by molar-refractivity contribution is 0.0220. The van der Waals surface area contributed by atoms with Crippen LogP contribution in [-0.2, 0) is 24.2 Å². The molecule has 0 aliphatic carbocycles. The van der Waals surface area contributed by atoms with Crippen LogP contribution < -0.4 is 16.3 Å². The summed E-state index contributed by atoms with van der Waals surface area (Å²) < 4.78 is 8.86. The number of hydrogen-bond donors (Lipinski definition) is 2. The molecular formula is C19H35N7O2. The minimum atomic E-state index is 0.0367. The van der Waals surface area contributed by atoms with Gasteiger partial charge in [0.1, 0.15) is 5.82 Å². The lowest BCUT2D eigenvalue weighted by Crippen LogP contribution is -2.44. The van der Waals surface area contributed by atoms with Gasteiger partial charge in [-0.1, -0.05) is 0 Å². The number of hydrogen-bond acceptors (Lipinski definition) is 5. The van der Waals surface area contributed by atoms with Crippen molar-refractivity contribution in [1.29, 1.82) is 0 Å². The van der Waals surface area contributed by atoms with Gasteiger partial charge < -0.3 is 15.4 Å². The molecule has 1 saturated heterocycles. The van der Waals surface area contributed by atoms with Gasteiger partial charge in [0.05, 0.1) is 19.8 Å². The zero-order valence-electron chi connectivity index (χ0n) is 17.3. The molecule has 0 aromatic carbocycles. The Morgan fingerprint density at radius 2 is 2.07 bits per heavy atom. The van der Waals surface area contributed by atoms with E-state index in [1.165, 1.54) is 0 Å². The molecule has 3 heterocycles. The summed E-state index contributed by atoms with van der Waals surface area (Å²) in [5.41, 5.74) is 0.0367. The van der Waals surface area contributed by atoms with Gasteiger partial charge in [-0.2, -0.15) is 5.10 Å². The second-order valence-electron chi connectivity index (χ2n) is 7.53. The van der Waals surface area contributed by atoms with Gasteiger partial charge in [-0.25, -0.2) is 9.48 Å². The number of aromatic nitrogens is 3. The molecule has 2 N–H and O–H groups in total. The standard InChI is InChI=1S/C19H35N7O2/c1-3-20-18(22-15-16(2)24-11-13-28-14-12-24)21-8-6-10-26-19(27)25-9-5-4-7-17(25)23-26/h16H,3-15H2,1-2H3,(H2,20,21,22). The first-order valence-electron chi connectivity index (χ1n) is 10.7. The van der Waals surface area contributed by atoms with Gasteiger partial charge >= 0.3 is 5.69 Å². The van der Waals surface area contributed by atoms with Gasteiger partial charge in [-0.15, -0.1) is 0 Å². The van der Waals surface area contributed by atoms with E-state index in [2.05, 4.69) is 34.5 Å². The van der Waals surface area contributed by atoms with Gasteiger partial charge in [0.15, 0.2) is 5.96 Å². The summed E-state index contributed by atoms with van der Waals surface area (Å²) in [5, 5.41) is 11.2. The van der Waals surface area contributed by atoms with E-state index >= 15 is 0 Å². The number of fused-ring (bicyclic) bond motifs is 1. The van der Waals surface area contributed by atoms with Crippen molar-refractivity contribution >= 4 is 5.96 Å². The lowest BCUT2D eigenvalue weighted by atomic mass is 10.2. The highest BCUT2D eigenvalue weighted by molar-refractivity contribution is 5.79. The predicted molar refractivity (Wildman–Crippen MR) is 110 cm³/mol. The van der Waals surface area contributed by atoms with Crippen molar-refractivity contribution in [2.75, 3.05) is 45.9 Å². The average molecular weight is 394 g/mol. The smallest absolute Gasteiger partial charge is 0.345 e. The number of aliphatic imine (C=N–C) groups is 1. The third-order valence-electron chi connectivity index (χ3n) is 5.40. The summed E-state index contributed by atoms with van der Waals surface area (Å²) >= 11 is 0. The minimum Gasteiger partial charge on any atom is -0.379 e. The Balaban J connectivity index is 1.44. The van der Waals surface area contributed by atoms with Crippen LogP contribution in [0.3, 0.4) is 0 Å². The van der Waals surface area contributed by atoms with E-state index in [0.29, 0.717) is 12.6 Å². The normalized spacial score (nSPS) is 19.3. The monoisotopic (exact) mass is 393 g/mol. The number of guanidine groups is 1. The predicted octanol–water partition coefficient (Wildman–Crippen LogP) is 0.0470. The number of morpholine rings is 1. The molecule has 2 aliphatic heterocycles. The van der Waals surface area contributed by atoms with E-state index in [-0.39, 0.29) is 5.69 Å². The molecule has 9 nitrogen and oxygen atoms in total. The van der Waals surface area contributed by atoms with Gasteiger partial charge in [0.25, 0.3) is 0 Å². The molecule has 0 bridgehead atoms. The maximum atomic E-state index is 12.4. The molecule has 3 rings (SSSR count). The molecule has 1 unspecified atom stereocenters. The summed E-state index contributed by atoms with van der Waals surface area (Å²) in [6.07, 6.45) is 3.95. The first-order chi connectivity index (χ1) is 13.7. The Hall–Kier alpha value is -1.87. The first-order valence-corrected chi connectivity index (χ1v) is 10.7. The summed E-state index contributed by atoms with van der Waals surface area (Å²) in [6, 6.07) is 0.398. The lowest BCUT2D eigenvalue weighted by Gasteiger charge is -2.31. The van der Waals surface area contributed by atoms with Crippen LogP contribution in [0.15, 0.2) is 9.79 Å². The Labute approximate surface area is 167 Å². The number of nitrogens with one attached hydrogen (secondary N) is 2. The van der Waals surface area contributed by atoms with Crippen LogP contribution in [-0.4, -0.2) is 77.2 Å². The number of ether oxygens (including phenoxy) is 1. The van der Waals surface area contributed by atoms with Crippen LogP contribution in [0.1, 0.15) is 38.9 Å². The Morgan fingerprint density at radius 1 is 1.25 bits per heavy atom. The van der Waals surface area contributed by atoms with Crippen LogP contribution in [0.25, 0.3) is 0 Å². The minimum absolute atomic E-state index is 0.0367.